The van der Waals surface area contributed by atoms with Crippen LogP contribution in [0.1, 0.15) is 18.2 Å². The van der Waals surface area contributed by atoms with Gasteiger partial charge in [0, 0.05) is 18.6 Å². The Bertz CT molecular complexity index is 1450. The van der Waals surface area contributed by atoms with Crippen LogP contribution < -0.4 is 19.6 Å². The van der Waals surface area contributed by atoms with E-state index in [1.807, 2.05) is 43.3 Å². The Hall–Kier alpha value is -4.32. The van der Waals surface area contributed by atoms with Gasteiger partial charge in [0.05, 0.1) is 10.9 Å². The van der Waals surface area contributed by atoms with Gasteiger partial charge in [0.2, 0.25) is 5.43 Å². The zero-order chi connectivity index (χ0) is 23.5. The third kappa shape index (κ3) is 4.30. The average Bonchev–Trinajstić information content (AvgIpc) is 2.87. The third-order valence-electron chi connectivity index (χ3n) is 5.52. The molecule has 0 saturated heterocycles. The molecule has 0 bridgehead atoms. The summed E-state index contributed by atoms with van der Waals surface area (Å²) in [4.78, 5) is 25.7. The Morgan fingerprint density at radius 2 is 1.76 bits per heavy atom. The van der Waals surface area contributed by atoms with Crippen molar-refractivity contribution in [3.8, 4) is 28.4 Å². The van der Waals surface area contributed by atoms with Crippen LogP contribution in [0.5, 0.6) is 17.2 Å². The van der Waals surface area contributed by atoms with Crippen LogP contribution in [0, 0.1) is 0 Å². The average molecular weight is 454 g/mol. The van der Waals surface area contributed by atoms with Gasteiger partial charge in [0.1, 0.15) is 30.3 Å². The maximum atomic E-state index is 13.4. The standard InChI is InChI=1S/C28H22O6/c1-2-22-27(19-9-12-23-25(16-19)32-15-14-31-23)28(30)21-11-10-20(17-24(21)34-22)33-26(29)13-8-18-6-4-3-5-7-18/h3-13,16-17H,2,14-15H2,1H3/b13-8-. The molecule has 0 radical (unpaired) electrons. The Balaban J connectivity index is 1.47. The Labute approximate surface area is 196 Å². The molecule has 6 nitrogen and oxygen atoms in total. The first-order chi connectivity index (χ1) is 16.6. The lowest BCUT2D eigenvalue weighted by Gasteiger charge is -2.19. The molecule has 0 amide bonds. The van der Waals surface area contributed by atoms with Crippen LogP contribution in [-0.2, 0) is 11.2 Å². The summed E-state index contributed by atoms with van der Waals surface area (Å²) in [7, 11) is 0. The SMILES string of the molecule is CCc1oc2cc(OC(=O)/C=C\c3ccccc3)ccc2c(=O)c1-c1ccc2c(c1)OCCO2. The van der Waals surface area contributed by atoms with Crippen molar-refractivity contribution in [2.45, 2.75) is 13.3 Å². The van der Waals surface area contributed by atoms with Crippen molar-refractivity contribution < 1.29 is 23.4 Å². The second kappa shape index (κ2) is 9.27. The fourth-order valence-electron chi connectivity index (χ4n) is 3.90. The van der Waals surface area contributed by atoms with Gasteiger partial charge in [0.25, 0.3) is 0 Å². The van der Waals surface area contributed by atoms with E-state index in [0.29, 0.717) is 64.7 Å². The molecule has 0 N–H and O–H groups in total. The normalized spacial score (nSPS) is 12.7. The number of ether oxygens (including phenoxy) is 3. The van der Waals surface area contributed by atoms with Crippen LogP contribution in [0.3, 0.4) is 0 Å². The first-order valence-electron chi connectivity index (χ1n) is 11.1. The van der Waals surface area contributed by atoms with E-state index in [1.165, 1.54) is 6.08 Å². The van der Waals surface area contributed by atoms with E-state index in [2.05, 4.69) is 0 Å². The first kappa shape index (κ1) is 21.5. The molecule has 5 rings (SSSR count). The first-order valence-corrected chi connectivity index (χ1v) is 11.1. The Morgan fingerprint density at radius 1 is 0.971 bits per heavy atom. The van der Waals surface area contributed by atoms with Gasteiger partial charge < -0.3 is 18.6 Å². The van der Waals surface area contributed by atoms with E-state index in [1.54, 1.807) is 36.4 Å². The summed E-state index contributed by atoms with van der Waals surface area (Å²) in [6.07, 6.45) is 3.55. The molecule has 4 aromatic rings. The number of carbonyl (C=O) groups excluding carboxylic acids is 1. The van der Waals surface area contributed by atoms with Crippen LogP contribution in [-0.4, -0.2) is 19.2 Å². The minimum absolute atomic E-state index is 0.156. The summed E-state index contributed by atoms with van der Waals surface area (Å²) in [5.41, 5.74) is 2.29. The minimum atomic E-state index is -0.519. The molecule has 1 aliphatic rings. The fourth-order valence-corrected chi connectivity index (χ4v) is 3.90. The number of carbonyl (C=O) groups is 1. The van der Waals surface area contributed by atoms with Crippen LogP contribution in [0.25, 0.3) is 28.2 Å². The molecule has 0 atom stereocenters. The molecule has 0 saturated carbocycles. The van der Waals surface area contributed by atoms with Gasteiger partial charge in [-0.15, -0.1) is 0 Å². The summed E-state index contributed by atoms with van der Waals surface area (Å²) >= 11 is 0. The summed E-state index contributed by atoms with van der Waals surface area (Å²) in [6, 6.07) is 19.7. The number of hydrogen-bond acceptors (Lipinski definition) is 6. The summed E-state index contributed by atoms with van der Waals surface area (Å²) < 4.78 is 22.8. The monoisotopic (exact) mass is 454 g/mol. The van der Waals surface area contributed by atoms with E-state index < -0.39 is 5.97 Å². The number of benzene rings is 3. The van der Waals surface area contributed by atoms with Gasteiger partial charge >= 0.3 is 5.97 Å². The second-order valence-electron chi connectivity index (χ2n) is 7.76. The van der Waals surface area contributed by atoms with E-state index in [4.69, 9.17) is 18.6 Å². The molecule has 0 aliphatic carbocycles. The number of hydrogen-bond donors (Lipinski definition) is 0. The predicted molar refractivity (Wildman–Crippen MR) is 129 cm³/mol. The number of aryl methyl sites for hydroxylation is 1. The summed E-state index contributed by atoms with van der Waals surface area (Å²) in [6.45, 7) is 2.88. The van der Waals surface area contributed by atoms with Crippen LogP contribution in [0.15, 0.2) is 82.0 Å². The molecule has 1 aliphatic heterocycles. The van der Waals surface area contributed by atoms with Gasteiger partial charge in [-0.2, -0.15) is 0 Å². The lowest BCUT2D eigenvalue weighted by atomic mass is 10.0. The van der Waals surface area contributed by atoms with Gasteiger partial charge in [-0.05, 0) is 41.5 Å². The highest BCUT2D eigenvalue weighted by Crippen LogP contribution is 2.35. The third-order valence-corrected chi connectivity index (χ3v) is 5.52. The lowest BCUT2D eigenvalue weighted by molar-refractivity contribution is -0.128. The van der Waals surface area contributed by atoms with E-state index in [0.717, 1.165) is 5.56 Å². The summed E-state index contributed by atoms with van der Waals surface area (Å²) in [5.74, 6) is 1.59. The van der Waals surface area contributed by atoms with E-state index >= 15 is 0 Å². The van der Waals surface area contributed by atoms with Crippen molar-refractivity contribution in [1.29, 1.82) is 0 Å². The van der Waals surface area contributed by atoms with Gasteiger partial charge in [0.15, 0.2) is 11.5 Å². The van der Waals surface area contributed by atoms with E-state index in [-0.39, 0.29) is 5.43 Å². The summed E-state index contributed by atoms with van der Waals surface area (Å²) in [5, 5.41) is 0.404. The Morgan fingerprint density at radius 3 is 2.56 bits per heavy atom. The number of fused-ring (bicyclic) bond motifs is 2. The molecule has 0 spiro atoms. The molecular formula is C28H22O6. The van der Waals surface area contributed by atoms with Crippen molar-refractivity contribution >= 4 is 23.0 Å². The van der Waals surface area contributed by atoms with Crippen molar-refractivity contribution in [2.24, 2.45) is 0 Å². The maximum absolute atomic E-state index is 13.4. The van der Waals surface area contributed by atoms with Crippen LogP contribution >= 0.6 is 0 Å². The minimum Gasteiger partial charge on any atom is -0.486 e. The zero-order valence-corrected chi connectivity index (χ0v) is 18.6. The number of rotatable bonds is 5. The smallest absolute Gasteiger partial charge is 0.336 e. The van der Waals surface area contributed by atoms with E-state index in [9.17, 15) is 9.59 Å². The predicted octanol–water partition coefficient (Wildman–Crippen LogP) is 5.41. The zero-order valence-electron chi connectivity index (χ0n) is 18.6. The maximum Gasteiger partial charge on any atom is 0.336 e. The molecule has 2 heterocycles. The Kier molecular flexibility index (Phi) is 5.87. The quantitative estimate of drug-likeness (QED) is 0.228. The van der Waals surface area contributed by atoms with Crippen molar-refractivity contribution in [1.82, 2.24) is 0 Å². The fraction of sp³-hybridized carbons (Fsp3) is 0.143. The topological polar surface area (TPSA) is 75.0 Å². The molecule has 3 aromatic carbocycles. The van der Waals surface area contributed by atoms with Crippen molar-refractivity contribution in [3.63, 3.8) is 0 Å². The highest BCUT2D eigenvalue weighted by atomic mass is 16.6. The van der Waals surface area contributed by atoms with Gasteiger partial charge in [-0.25, -0.2) is 4.79 Å². The van der Waals surface area contributed by atoms with Gasteiger partial charge in [-0.3, -0.25) is 4.79 Å². The second-order valence-corrected chi connectivity index (χ2v) is 7.76. The largest absolute Gasteiger partial charge is 0.486 e. The molecule has 1 aromatic heterocycles. The van der Waals surface area contributed by atoms with Crippen LogP contribution in [0.2, 0.25) is 0 Å². The molecule has 0 fully saturated rings. The van der Waals surface area contributed by atoms with Gasteiger partial charge in [-0.1, -0.05) is 43.3 Å². The molecule has 0 unspecified atom stereocenters. The van der Waals surface area contributed by atoms with Crippen molar-refractivity contribution in [2.75, 3.05) is 13.2 Å². The van der Waals surface area contributed by atoms with Crippen LogP contribution in [0.4, 0.5) is 0 Å². The highest BCUT2D eigenvalue weighted by molar-refractivity contribution is 5.90. The molecule has 170 valence electrons. The van der Waals surface area contributed by atoms with Crippen molar-refractivity contribution in [3.05, 3.63) is 94.4 Å². The molecular weight excluding hydrogens is 432 g/mol. The lowest BCUT2D eigenvalue weighted by Crippen LogP contribution is -2.15. The molecule has 6 heteroatoms. The highest BCUT2D eigenvalue weighted by Gasteiger charge is 2.19. The number of esters is 1. The molecule has 34 heavy (non-hydrogen) atoms.